The summed E-state index contributed by atoms with van der Waals surface area (Å²) in [5, 5.41) is 0. The van der Waals surface area contributed by atoms with Crippen molar-refractivity contribution in [2.75, 3.05) is 0 Å². The second-order valence-electron chi connectivity index (χ2n) is 4.59. The Morgan fingerprint density at radius 2 is 0.688 bits per heavy atom. The summed E-state index contributed by atoms with van der Waals surface area (Å²) >= 11 is -2.95. The van der Waals surface area contributed by atoms with Gasteiger partial charge in [-0.1, -0.05) is 0 Å². The summed E-state index contributed by atoms with van der Waals surface area (Å²) in [7, 11) is 0. The molecule has 0 nitrogen and oxygen atoms in total. The molecule has 0 unspecified atom stereocenters. The van der Waals surface area contributed by atoms with E-state index in [0.29, 0.717) is 0 Å². The summed E-state index contributed by atoms with van der Waals surface area (Å²) in [5.74, 6) is 0. The average Bonchev–Trinajstić information content (AvgIpc) is 2.19. The molecule has 90 valence electrons. The van der Waals surface area contributed by atoms with E-state index in [1.807, 2.05) is 0 Å². The van der Waals surface area contributed by atoms with Crippen molar-refractivity contribution in [1.29, 1.82) is 0 Å². The third-order valence-electron chi connectivity index (χ3n) is 3.23. The predicted molar refractivity (Wildman–Crippen MR) is 80.8 cm³/mol. The van der Waals surface area contributed by atoms with E-state index in [-0.39, 0.29) is 0 Å². The molecule has 0 aliphatic carbocycles. The van der Waals surface area contributed by atoms with Crippen molar-refractivity contribution >= 4 is 18.8 Å². The molecule has 0 rings (SSSR count). The van der Waals surface area contributed by atoms with Crippen LogP contribution >= 0.6 is 0 Å². The zero-order valence-corrected chi connectivity index (χ0v) is 13.9. The van der Waals surface area contributed by atoms with Gasteiger partial charge in [-0.25, -0.2) is 0 Å². The van der Waals surface area contributed by atoms with Crippen LogP contribution in [0.15, 0.2) is 63.3 Å². The SMILES string of the molecule is C=C[CH2][Bi]([CH2]C=C)([CH2]C=C)([CH2]C=C)[CH2]C=C. The van der Waals surface area contributed by atoms with Gasteiger partial charge in [0.1, 0.15) is 0 Å². The summed E-state index contributed by atoms with van der Waals surface area (Å²) in [5.41, 5.74) is 0. The maximum atomic E-state index is 3.94. The second kappa shape index (κ2) is 7.02. The van der Waals surface area contributed by atoms with Gasteiger partial charge in [0.15, 0.2) is 0 Å². The molecule has 0 aromatic heterocycles. The van der Waals surface area contributed by atoms with Crippen LogP contribution in [0.1, 0.15) is 0 Å². The minimum atomic E-state index is -2.95. The first kappa shape index (κ1) is 15.6. The first-order valence-corrected chi connectivity index (χ1v) is 18.0. The molecular formula is C15H25Bi. The van der Waals surface area contributed by atoms with Crippen molar-refractivity contribution in [2.24, 2.45) is 0 Å². The molecule has 0 aliphatic heterocycles. The molecule has 16 heavy (non-hydrogen) atoms. The molecular weight excluding hydrogens is 389 g/mol. The van der Waals surface area contributed by atoms with Gasteiger partial charge < -0.3 is 0 Å². The molecule has 0 aliphatic rings. The molecule has 0 amide bonds. The quantitative estimate of drug-likeness (QED) is 0.335. The molecule has 0 bridgehead atoms. The first-order chi connectivity index (χ1) is 7.62. The molecule has 0 saturated carbocycles. The first-order valence-electron chi connectivity index (χ1n) is 5.66. The molecule has 0 saturated heterocycles. The van der Waals surface area contributed by atoms with E-state index in [2.05, 4.69) is 63.3 Å². The molecule has 0 atom stereocenters. The Kier molecular flexibility index (Phi) is 6.83. The summed E-state index contributed by atoms with van der Waals surface area (Å²) in [6, 6.07) is 0. The topological polar surface area (TPSA) is 0 Å². The van der Waals surface area contributed by atoms with Gasteiger partial charge in [0.2, 0.25) is 0 Å². The fourth-order valence-corrected chi connectivity index (χ4v) is 22.6. The predicted octanol–water partition coefficient (Wildman–Crippen LogP) is 5.32. The van der Waals surface area contributed by atoms with Crippen molar-refractivity contribution in [1.82, 2.24) is 0 Å². The van der Waals surface area contributed by atoms with Crippen molar-refractivity contribution < 1.29 is 0 Å². The number of hydrogen-bond acceptors (Lipinski definition) is 0. The summed E-state index contributed by atoms with van der Waals surface area (Å²) in [6.07, 6.45) is 10.4. The Bertz CT molecular complexity index is 210. The van der Waals surface area contributed by atoms with E-state index in [1.54, 1.807) is 0 Å². The van der Waals surface area contributed by atoms with Gasteiger partial charge in [0.25, 0.3) is 0 Å². The van der Waals surface area contributed by atoms with Crippen LogP contribution in [0, 0.1) is 0 Å². The van der Waals surface area contributed by atoms with Crippen LogP contribution in [-0.2, 0) is 0 Å². The second-order valence-corrected chi connectivity index (χ2v) is 29.1. The minimum absolute atomic E-state index is 1.14. The van der Waals surface area contributed by atoms with Crippen molar-refractivity contribution in [3.63, 3.8) is 0 Å². The van der Waals surface area contributed by atoms with Crippen molar-refractivity contribution in [3.05, 3.63) is 63.3 Å². The van der Waals surface area contributed by atoms with E-state index < -0.39 is 18.8 Å². The summed E-state index contributed by atoms with van der Waals surface area (Å²) in [4.78, 5) is 0. The Labute approximate surface area is 102 Å². The molecule has 0 aromatic carbocycles. The molecule has 0 radical (unpaired) electrons. The molecule has 0 heterocycles. The molecule has 0 aromatic rings. The molecule has 0 fully saturated rings. The Hall–Kier alpha value is -0.417. The molecule has 0 spiro atoms. The van der Waals surface area contributed by atoms with Gasteiger partial charge in [-0.3, -0.25) is 0 Å². The normalized spacial score (nSPS) is 13.1. The van der Waals surface area contributed by atoms with Gasteiger partial charge >= 0.3 is 103 Å². The Morgan fingerprint density at radius 3 is 0.812 bits per heavy atom. The van der Waals surface area contributed by atoms with E-state index in [9.17, 15) is 0 Å². The zero-order valence-electron chi connectivity index (χ0n) is 10.4. The van der Waals surface area contributed by atoms with Crippen LogP contribution in [0.25, 0.3) is 0 Å². The van der Waals surface area contributed by atoms with Crippen LogP contribution in [-0.4, -0.2) is 18.8 Å². The van der Waals surface area contributed by atoms with E-state index in [4.69, 9.17) is 0 Å². The fourth-order valence-electron chi connectivity index (χ4n) is 2.57. The van der Waals surface area contributed by atoms with E-state index in [0.717, 1.165) is 20.6 Å². The van der Waals surface area contributed by atoms with Crippen LogP contribution in [0.4, 0.5) is 0 Å². The van der Waals surface area contributed by atoms with Crippen LogP contribution in [0.2, 0.25) is 20.6 Å². The van der Waals surface area contributed by atoms with Crippen LogP contribution < -0.4 is 0 Å². The number of rotatable bonds is 10. The Morgan fingerprint density at radius 1 is 0.500 bits per heavy atom. The third kappa shape index (κ3) is 3.56. The Balaban J connectivity index is 5.49. The third-order valence-corrected chi connectivity index (χ3v) is 28.3. The van der Waals surface area contributed by atoms with E-state index >= 15 is 0 Å². The maximum absolute atomic E-state index is 3.94. The van der Waals surface area contributed by atoms with Crippen LogP contribution in [0.5, 0.6) is 0 Å². The van der Waals surface area contributed by atoms with Crippen molar-refractivity contribution in [2.45, 2.75) is 20.6 Å². The van der Waals surface area contributed by atoms with Gasteiger partial charge in [-0.2, -0.15) is 0 Å². The van der Waals surface area contributed by atoms with Gasteiger partial charge in [-0.15, -0.1) is 0 Å². The van der Waals surface area contributed by atoms with Crippen molar-refractivity contribution in [3.8, 4) is 0 Å². The average molecular weight is 414 g/mol. The van der Waals surface area contributed by atoms with Gasteiger partial charge in [-0.05, 0) is 0 Å². The standard InChI is InChI=1S/5C3H5.Bi/c5*1-3-2;/h5*3H,1-2H2;. The van der Waals surface area contributed by atoms with Gasteiger partial charge in [0.05, 0.1) is 0 Å². The van der Waals surface area contributed by atoms with Gasteiger partial charge in [0, 0.05) is 0 Å². The monoisotopic (exact) mass is 414 g/mol. The zero-order chi connectivity index (χ0) is 12.5. The van der Waals surface area contributed by atoms with E-state index in [1.165, 1.54) is 0 Å². The molecule has 0 N–H and O–H groups in total. The van der Waals surface area contributed by atoms with Crippen LogP contribution in [0.3, 0.4) is 0 Å². The number of allylic oxidation sites excluding steroid dienone is 5. The fraction of sp³-hybridized carbons (Fsp3) is 0.333. The summed E-state index contributed by atoms with van der Waals surface area (Å²) in [6.45, 7) is 19.7. The molecule has 1 heteroatoms. The summed E-state index contributed by atoms with van der Waals surface area (Å²) < 4.78 is 5.70. The number of hydrogen-bond donors (Lipinski definition) is 0.